The molecule has 10 heteroatoms. The molecular weight excluding hydrogens is 491 g/mol. The van der Waals surface area contributed by atoms with E-state index in [1.807, 2.05) is 45.5 Å². The highest BCUT2D eigenvalue weighted by Crippen LogP contribution is 2.36. The largest absolute Gasteiger partial charge is 0.462 e. The predicted molar refractivity (Wildman–Crippen MR) is 134 cm³/mol. The van der Waals surface area contributed by atoms with E-state index in [0.717, 1.165) is 17.7 Å². The van der Waals surface area contributed by atoms with Gasteiger partial charge in [-0.05, 0) is 30.7 Å². The van der Waals surface area contributed by atoms with Gasteiger partial charge in [0.25, 0.3) is 0 Å². The van der Waals surface area contributed by atoms with E-state index >= 15 is 0 Å². The van der Waals surface area contributed by atoms with E-state index in [2.05, 4.69) is 5.32 Å². The molecule has 3 aromatic rings. The zero-order valence-corrected chi connectivity index (χ0v) is 20.5. The first-order chi connectivity index (χ1) is 17.3. The molecule has 1 aliphatic rings. The maximum Gasteiger partial charge on any atom is 0.416 e. The zero-order chi connectivity index (χ0) is 25.7. The summed E-state index contributed by atoms with van der Waals surface area (Å²) >= 11 is 1.27. The first kappa shape index (κ1) is 25.7. The SMILES string of the molecule is CCOC(=O)c1c(-c2ccccc2)csc1NC(=O)CN1CCN(c2cccc(C(F)(F)F)c2)CC1. The fourth-order valence-corrected chi connectivity index (χ4v) is 5.07. The van der Waals surface area contributed by atoms with Gasteiger partial charge in [-0.1, -0.05) is 36.4 Å². The molecule has 1 N–H and O–H groups in total. The van der Waals surface area contributed by atoms with Crippen molar-refractivity contribution in [2.45, 2.75) is 13.1 Å². The molecule has 0 spiro atoms. The lowest BCUT2D eigenvalue weighted by molar-refractivity contribution is -0.137. The third kappa shape index (κ3) is 6.06. The molecule has 0 atom stereocenters. The van der Waals surface area contributed by atoms with Crippen LogP contribution in [0.1, 0.15) is 22.8 Å². The lowest BCUT2D eigenvalue weighted by Gasteiger charge is -2.36. The average molecular weight is 518 g/mol. The fraction of sp³-hybridized carbons (Fsp3) is 0.308. The Bertz CT molecular complexity index is 1210. The van der Waals surface area contributed by atoms with Gasteiger partial charge in [0.15, 0.2) is 0 Å². The highest BCUT2D eigenvalue weighted by Gasteiger charge is 2.31. The number of nitrogens with one attached hydrogen (secondary N) is 1. The van der Waals surface area contributed by atoms with Gasteiger partial charge in [0.05, 0.1) is 18.7 Å². The number of piperazine rings is 1. The van der Waals surface area contributed by atoms with Crippen molar-refractivity contribution in [1.29, 1.82) is 0 Å². The van der Waals surface area contributed by atoms with Crippen LogP contribution in [0.5, 0.6) is 0 Å². The van der Waals surface area contributed by atoms with Crippen LogP contribution in [0.15, 0.2) is 60.0 Å². The second-order valence-corrected chi connectivity index (χ2v) is 9.18. The number of rotatable bonds is 7. The molecule has 2 aromatic carbocycles. The smallest absolute Gasteiger partial charge is 0.416 e. The van der Waals surface area contributed by atoms with E-state index in [4.69, 9.17) is 4.74 Å². The van der Waals surface area contributed by atoms with Crippen molar-refractivity contribution in [3.63, 3.8) is 0 Å². The summed E-state index contributed by atoms with van der Waals surface area (Å²) in [6, 6.07) is 14.7. The molecule has 2 heterocycles. The Balaban J connectivity index is 1.39. The van der Waals surface area contributed by atoms with Crippen LogP contribution >= 0.6 is 11.3 Å². The molecule has 190 valence electrons. The van der Waals surface area contributed by atoms with Crippen LogP contribution in [0.4, 0.5) is 23.9 Å². The van der Waals surface area contributed by atoms with Crippen molar-refractivity contribution in [3.05, 3.63) is 71.1 Å². The minimum absolute atomic E-state index is 0.108. The highest BCUT2D eigenvalue weighted by molar-refractivity contribution is 7.15. The zero-order valence-electron chi connectivity index (χ0n) is 19.7. The number of thiophene rings is 1. The molecule has 0 radical (unpaired) electrons. The molecule has 1 aromatic heterocycles. The quantitative estimate of drug-likeness (QED) is 0.427. The molecule has 1 saturated heterocycles. The molecular formula is C26H26F3N3O3S. The van der Waals surface area contributed by atoms with Crippen molar-refractivity contribution in [1.82, 2.24) is 4.90 Å². The Kier molecular flexibility index (Phi) is 7.95. The third-order valence-corrected chi connectivity index (χ3v) is 6.78. The number of amides is 1. The molecule has 36 heavy (non-hydrogen) atoms. The van der Waals surface area contributed by atoms with Crippen LogP contribution in [-0.4, -0.2) is 56.1 Å². The van der Waals surface area contributed by atoms with E-state index < -0.39 is 17.7 Å². The van der Waals surface area contributed by atoms with Crippen molar-refractivity contribution in [3.8, 4) is 11.1 Å². The molecule has 1 amide bonds. The van der Waals surface area contributed by atoms with Gasteiger partial charge < -0.3 is 15.0 Å². The summed E-state index contributed by atoms with van der Waals surface area (Å²) in [4.78, 5) is 29.3. The van der Waals surface area contributed by atoms with Crippen molar-refractivity contribution in [2.24, 2.45) is 0 Å². The van der Waals surface area contributed by atoms with Gasteiger partial charge in [-0.25, -0.2) is 4.79 Å². The van der Waals surface area contributed by atoms with Gasteiger partial charge >= 0.3 is 12.1 Å². The van der Waals surface area contributed by atoms with E-state index in [-0.39, 0.29) is 19.1 Å². The normalized spacial score (nSPS) is 14.5. The van der Waals surface area contributed by atoms with Gasteiger partial charge in [-0.2, -0.15) is 13.2 Å². The average Bonchev–Trinajstić information content (AvgIpc) is 3.28. The van der Waals surface area contributed by atoms with Crippen LogP contribution in [0.2, 0.25) is 0 Å². The Morgan fingerprint density at radius 3 is 2.42 bits per heavy atom. The monoisotopic (exact) mass is 517 g/mol. The fourth-order valence-electron chi connectivity index (χ4n) is 4.10. The second kappa shape index (κ2) is 11.1. The lowest BCUT2D eigenvalue weighted by Crippen LogP contribution is -2.48. The van der Waals surface area contributed by atoms with E-state index in [0.29, 0.717) is 48.0 Å². The number of hydrogen-bond donors (Lipinski definition) is 1. The minimum Gasteiger partial charge on any atom is -0.462 e. The van der Waals surface area contributed by atoms with Crippen LogP contribution in [0.25, 0.3) is 11.1 Å². The summed E-state index contributed by atoms with van der Waals surface area (Å²) in [5.74, 6) is -0.767. The molecule has 1 aliphatic heterocycles. The van der Waals surface area contributed by atoms with Gasteiger partial charge in [-0.15, -0.1) is 11.3 Å². The number of hydrogen-bond acceptors (Lipinski definition) is 6. The number of esters is 1. The van der Waals surface area contributed by atoms with Crippen molar-refractivity contribution < 1.29 is 27.5 Å². The number of anilines is 2. The summed E-state index contributed by atoms with van der Waals surface area (Å²) in [6.07, 6.45) is -4.39. The Morgan fingerprint density at radius 2 is 1.75 bits per heavy atom. The van der Waals surface area contributed by atoms with E-state index in [9.17, 15) is 22.8 Å². The summed E-state index contributed by atoms with van der Waals surface area (Å²) in [5.41, 5.74) is 1.72. The van der Waals surface area contributed by atoms with Crippen LogP contribution in [0.3, 0.4) is 0 Å². The molecule has 6 nitrogen and oxygen atoms in total. The maximum atomic E-state index is 13.0. The summed E-state index contributed by atoms with van der Waals surface area (Å²) in [7, 11) is 0. The van der Waals surface area contributed by atoms with E-state index in [1.165, 1.54) is 17.4 Å². The number of nitrogens with zero attached hydrogens (tertiary/aromatic N) is 2. The maximum absolute atomic E-state index is 13.0. The Labute approximate surface area is 211 Å². The van der Waals surface area contributed by atoms with Crippen LogP contribution in [-0.2, 0) is 15.7 Å². The number of alkyl halides is 3. The number of carbonyl (C=O) groups excluding carboxylic acids is 2. The summed E-state index contributed by atoms with van der Waals surface area (Å²) in [6.45, 7) is 4.09. The molecule has 4 rings (SSSR count). The summed E-state index contributed by atoms with van der Waals surface area (Å²) in [5, 5.41) is 5.11. The predicted octanol–water partition coefficient (Wildman–Crippen LogP) is 5.37. The molecule has 1 fully saturated rings. The van der Waals surface area contributed by atoms with Gasteiger partial charge in [0.1, 0.15) is 10.6 Å². The highest BCUT2D eigenvalue weighted by atomic mass is 32.1. The lowest BCUT2D eigenvalue weighted by atomic mass is 10.0. The van der Waals surface area contributed by atoms with Crippen molar-refractivity contribution in [2.75, 3.05) is 49.5 Å². The van der Waals surface area contributed by atoms with E-state index in [1.54, 1.807) is 13.0 Å². The number of halogens is 3. The second-order valence-electron chi connectivity index (χ2n) is 8.30. The third-order valence-electron chi connectivity index (χ3n) is 5.89. The topological polar surface area (TPSA) is 61.9 Å². The Morgan fingerprint density at radius 1 is 1.03 bits per heavy atom. The Hall–Kier alpha value is -3.37. The minimum atomic E-state index is -4.39. The number of carbonyl (C=O) groups is 2. The van der Waals surface area contributed by atoms with Gasteiger partial charge in [-0.3, -0.25) is 9.69 Å². The summed E-state index contributed by atoms with van der Waals surface area (Å²) < 4.78 is 44.4. The molecule has 0 saturated carbocycles. The standard InChI is InChI=1S/C26H26F3N3O3S/c1-2-35-25(34)23-21(18-7-4-3-5-8-18)17-36-24(23)30-22(33)16-31-11-13-32(14-12-31)20-10-6-9-19(15-20)26(27,28)29/h3-10,15,17H,2,11-14,16H2,1H3,(H,30,33). The van der Waals surface area contributed by atoms with Crippen LogP contribution < -0.4 is 10.2 Å². The first-order valence-electron chi connectivity index (χ1n) is 11.5. The number of ether oxygens (including phenoxy) is 1. The molecule has 0 aliphatic carbocycles. The first-order valence-corrected chi connectivity index (χ1v) is 12.4. The van der Waals surface area contributed by atoms with Gasteiger partial charge in [0.2, 0.25) is 5.91 Å². The number of benzene rings is 2. The van der Waals surface area contributed by atoms with Crippen LogP contribution in [0, 0.1) is 0 Å². The molecule has 0 unspecified atom stereocenters. The molecule has 0 bridgehead atoms. The van der Waals surface area contributed by atoms with Crippen molar-refractivity contribution >= 4 is 33.9 Å². The van der Waals surface area contributed by atoms with Gasteiger partial charge in [0, 0.05) is 42.8 Å².